The maximum Gasteiger partial charge on any atom is 0.0271 e. The summed E-state index contributed by atoms with van der Waals surface area (Å²) < 4.78 is 0. The molecular weight excluding hydrogens is 196 g/mol. The summed E-state index contributed by atoms with van der Waals surface area (Å²) in [5.41, 5.74) is 0.472. The van der Waals surface area contributed by atoms with E-state index in [2.05, 4.69) is 38.0 Å². The van der Waals surface area contributed by atoms with Gasteiger partial charge in [0, 0.05) is 18.6 Å². The molecule has 2 nitrogen and oxygen atoms in total. The molecule has 16 heavy (non-hydrogen) atoms. The van der Waals surface area contributed by atoms with Gasteiger partial charge in [-0.25, -0.2) is 0 Å². The number of rotatable bonds is 2. The van der Waals surface area contributed by atoms with Gasteiger partial charge in [-0.2, -0.15) is 0 Å². The van der Waals surface area contributed by atoms with Gasteiger partial charge in [0.15, 0.2) is 0 Å². The number of nitrogens with zero attached hydrogens (tertiary/aromatic N) is 1. The summed E-state index contributed by atoms with van der Waals surface area (Å²) in [5, 5.41) is 3.57. The van der Waals surface area contributed by atoms with Crippen molar-refractivity contribution in [2.24, 2.45) is 11.3 Å². The first-order valence-electron chi connectivity index (χ1n) is 6.96. The smallest absolute Gasteiger partial charge is 0.0271 e. The molecule has 1 N–H and O–H groups in total. The molecule has 0 spiro atoms. The maximum absolute atomic E-state index is 3.57. The van der Waals surface area contributed by atoms with Gasteiger partial charge in [-0.15, -0.1) is 0 Å². The average molecular weight is 224 g/mol. The maximum atomic E-state index is 3.57. The molecule has 0 radical (unpaired) electrons. The fraction of sp³-hybridized carbons (Fsp3) is 1.00. The van der Waals surface area contributed by atoms with Crippen LogP contribution in [-0.2, 0) is 0 Å². The van der Waals surface area contributed by atoms with Crippen molar-refractivity contribution < 1.29 is 0 Å². The molecule has 1 aliphatic heterocycles. The summed E-state index contributed by atoms with van der Waals surface area (Å²) in [7, 11) is 2.14. The summed E-state index contributed by atoms with van der Waals surface area (Å²) in [6.45, 7) is 9.88. The Morgan fingerprint density at radius 3 is 2.62 bits per heavy atom. The van der Waals surface area contributed by atoms with Crippen LogP contribution in [0, 0.1) is 11.3 Å². The number of piperidine rings is 1. The third-order valence-electron chi connectivity index (χ3n) is 4.78. The Bertz CT molecular complexity index is 237. The van der Waals surface area contributed by atoms with Crippen LogP contribution in [0.5, 0.6) is 0 Å². The van der Waals surface area contributed by atoms with Gasteiger partial charge < -0.3 is 5.32 Å². The molecule has 3 atom stereocenters. The molecule has 2 rings (SSSR count). The minimum absolute atomic E-state index is 0.472. The zero-order valence-electron chi connectivity index (χ0n) is 11.4. The van der Waals surface area contributed by atoms with Gasteiger partial charge in [-0.3, -0.25) is 4.90 Å². The average Bonchev–Trinajstić information content (AvgIpc) is 2.53. The van der Waals surface area contributed by atoms with Crippen molar-refractivity contribution in [3.63, 3.8) is 0 Å². The van der Waals surface area contributed by atoms with Crippen molar-refractivity contribution in [3.05, 3.63) is 0 Å². The van der Waals surface area contributed by atoms with E-state index in [1.165, 1.54) is 38.8 Å². The molecule has 1 saturated heterocycles. The van der Waals surface area contributed by atoms with E-state index in [4.69, 9.17) is 0 Å². The molecule has 1 saturated carbocycles. The predicted molar refractivity (Wildman–Crippen MR) is 69.6 cm³/mol. The molecule has 2 fully saturated rings. The van der Waals surface area contributed by atoms with E-state index in [0.29, 0.717) is 11.5 Å². The molecule has 2 aliphatic rings. The number of hydrogen-bond acceptors (Lipinski definition) is 2. The van der Waals surface area contributed by atoms with Crippen molar-refractivity contribution in [2.45, 2.75) is 58.5 Å². The molecule has 1 aliphatic carbocycles. The van der Waals surface area contributed by atoms with Crippen molar-refractivity contribution in [1.82, 2.24) is 10.2 Å². The van der Waals surface area contributed by atoms with Crippen LogP contribution in [0.1, 0.15) is 46.5 Å². The normalized spacial score (nSPS) is 40.1. The lowest BCUT2D eigenvalue weighted by Gasteiger charge is -2.40. The van der Waals surface area contributed by atoms with Crippen LogP contribution in [0.4, 0.5) is 0 Å². The zero-order valence-corrected chi connectivity index (χ0v) is 11.4. The highest BCUT2D eigenvalue weighted by atomic mass is 15.2. The monoisotopic (exact) mass is 224 g/mol. The van der Waals surface area contributed by atoms with Crippen molar-refractivity contribution in [3.8, 4) is 0 Å². The highest BCUT2D eigenvalue weighted by molar-refractivity contribution is 5.01. The molecule has 0 aromatic heterocycles. The number of likely N-dealkylation sites (N-methyl/N-ethyl adjacent to an activating group) is 1. The Kier molecular flexibility index (Phi) is 3.60. The van der Waals surface area contributed by atoms with Crippen LogP contribution in [0.3, 0.4) is 0 Å². The van der Waals surface area contributed by atoms with Crippen molar-refractivity contribution >= 4 is 0 Å². The van der Waals surface area contributed by atoms with E-state index in [9.17, 15) is 0 Å². The number of hydrogen-bond donors (Lipinski definition) is 1. The largest absolute Gasteiger partial charge is 0.315 e. The fourth-order valence-electron chi connectivity index (χ4n) is 3.87. The molecule has 2 heteroatoms. The lowest BCUT2D eigenvalue weighted by Crippen LogP contribution is -2.53. The third-order valence-corrected chi connectivity index (χ3v) is 4.78. The molecule has 0 aromatic carbocycles. The second-order valence-electron chi connectivity index (χ2n) is 6.60. The molecule has 1 heterocycles. The Morgan fingerprint density at radius 2 is 2.00 bits per heavy atom. The van der Waals surface area contributed by atoms with Gasteiger partial charge in [0.2, 0.25) is 0 Å². The Morgan fingerprint density at radius 1 is 1.25 bits per heavy atom. The molecule has 3 unspecified atom stereocenters. The quantitative estimate of drug-likeness (QED) is 0.775. The van der Waals surface area contributed by atoms with E-state index in [1.54, 1.807) is 0 Å². The van der Waals surface area contributed by atoms with Crippen LogP contribution in [0.15, 0.2) is 0 Å². The van der Waals surface area contributed by atoms with Crippen LogP contribution < -0.4 is 5.32 Å². The van der Waals surface area contributed by atoms with Crippen LogP contribution in [0.2, 0.25) is 0 Å². The molecular formula is C14H28N2. The third kappa shape index (κ3) is 2.28. The SMILES string of the molecule is CNC1C(N2CCCC(C)C2)CCC1(C)C. The zero-order chi connectivity index (χ0) is 11.8. The molecule has 0 aromatic rings. The first-order valence-corrected chi connectivity index (χ1v) is 6.96. The topological polar surface area (TPSA) is 15.3 Å². The van der Waals surface area contributed by atoms with E-state index < -0.39 is 0 Å². The van der Waals surface area contributed by atoms with Crippen LogP contribution in [-0.4, -0.2) is 37.1 Å². The summed E-state index contributed by atoms with van der Waals surface area (Å²) in [5.74, 6) is 0.898. The minimum atomic E-state index is 0.472. The molecule has 94 valence electrons. The summed E-state index contributed by atoms with van der Waals surface area (Å²) in [4.78, 5) is 2.75. The summed E-state index contributed by atoms with van der Waals surface area (Å²) in [6, 6.07) is 1.46. The van der Waals surface area contributed by atoms with Gasteiger partial charge >= 0.3 is 0 Å². The highest BCUT2D eigenvalue weighted by Crippen LogP contribution is 2.40. The fourth-order valence-corrected chi connectivity index (χ4v) is 3.87. The first-order chi connectivity index (χ1) is 7.54. The summed E-state index contributed by atoms with van der Waals surface area (Å²) in [6.07, 6.45) is 5.57. The first kappa shape index (κ1) is 12.4. The van der Waals surface area contributed by atoms with E-state index in [0.717, 1.165) is 12.0 Å². The van der Waals surface area contributed by atoms with Gasteiger partial charge in [-0.05, 0) is 50.6 Å². The van der Waals surface area contributed by atoms with Gasteiger partial charge in [-0.1, -0.05) is 20.8 Å². The highest BCUT2D eigenvalue weighted by Gasteiger charge is 2.43. The molecule has 0 amide bonds. The van der Waals surface area contributed by atoms with E-state index >= 15 is 0 Å². The molecule has 0 bridgehead atoms. The number of likely N-dealkylation sites (tertiary alicyclic amines) is 1. The van der Waals surface area contributed by atoms with Crippen molar-refractivity contribution in [2.75, 3.05) is 20.1 Å². The Hall–Kier alpha value is -0.0800. The van der Waals surface area contributed by atoms with Crippen molar-refractivity contribution in [1.29, 1.82) is 0 Å². The minimum Gasteiger partial charge on any atom is -0.315 e. The lowest BCUT2D eigenvalue weighted by atomic mass is 9.86. The summed E-state index contributed by atoms with van der Waals surface area (Å²) >= 11 is 0. The van der Waals surface area contributed by atoms with E-state index in [-0.39, 0.29) is 0 Å². The van der Waals surface area contributed by atoms with Crippen LogP contribution >= 0.6 is 0 Å². The van der Waals surface area contributed by atoms with Gasteiger partial charge in [0.1, 0.15) is 0 Å². The lowest BCUT2D eigenvalue weighted by molar-refractivity contribution is 0.102. The van der Waals surface area contributed by atoms with Crippen LogP contribution in [0.25, 0.3) is 0 Å². The Balaban J connectivity index is 2.03. The second-order valence-corrected chi connectivity index (χ2v) is 6.60. The van der Waals surface area contributed by atoms with E-state index in [1.807, 2.05) is 0 Å². The number of nitrogens with one attached hydrogen (secondary N) is 1. The Labute approximate surface area is 101 Å². The predicted octanol–water partition coefficient (Wildman–Crippen LogP) is 2.49. The standard InChI is InChI=1S/C14H28N2/c1-11-6-5-9-16(10-11)12-7-8-14(2,3)13(12)15-4/h11-13,15H,5-10H2,1-4H3. The van der Waals surface area contributed by atoms with Gasteiger partial charge in [0.25, 0.3) is 0 Å². The second kappa shape index (κ2) is 4.66. The van der Waals surface area contributed by atoms with Gasteiger partial charge in [0.05, 0.1) is 0 Å².